The first-order valence-electron chi connectivity index (χ1n) is 13.0. The highest BCUT2D eigenvalue weighted by Crippen LogP contribution is 2.51. The maximum Gasteiger partial charge on any atom is 0.407 e. The lowest BCUT2D eigenvalue weighted by molar-refractivity contribution is -0.0353. The number of amides is 1. The molecule has 35 heavy (non-hydrogen) atoms. The Morgan fingerprint density at radius 3 is 2.26 bits per heavy atom. The van der Waals surface area contributed by atoms with Gasteiger partial charge in [0, 0.05) is 12.6 Å². The summed E-state index contributed by atoms with van der Waals surface area (Å²) in [4.78, 5) is 15.5. The van der Waals surface area contributed by atoms with Crippen molar-refractivity contribution in [3.8, 4) is 22.6 Å². The van der Waals surface area contributed by atoms with Gasteiger partial charge in [-0.3, -0.25) is 4.90 Å². The zero-order chi connectivity index (χ0) is 24.6. The van der Waals surface area contributed by atoms with Crippen molar-refractivity contribution in [3.63, 3.8) is 0 Å². The Balaban J connectivity index is 1.40. The minimum atomic E-state index is -0.269. The summed E-state index contributed by atoms with van der Waals surface area (Å²) in [5.74, 6) is 2.05. The average molecular weight is 479 g/mol. The molecule has 6 heteroatoms. The van der Waals surface area contributed by atoms with Gasteiger partial charge in [-0.25, -0.2) is 4.79 Å². The van der Waals surface area contributed by atoms with Gasteiger partial charge in [0.05, 0.1) is 20.3 Å². The van der Waals surface area contributed by atoms with E-state index in [4.69, 9.17) is 14.2 Å². The summed E-state index contributed by atoms with van der Waals surface area (Å²) in [5.41, 5.74) is 4.67. The highest BCUT2D eigenvalue weighted by atomic mass is 16.6. The summed E-state index contributed by atoms with van der Waals surface area (Å²) in [5, 5.41) is 3.31. The van der Waals surface area contributed by atoms with Crippen molar-refractivity contribution in [2.45, 2.75) is 58.1 Å². The topological polar surface area (TPSA) is 60.0 Å². The van der Waals surface area contributed by atoms with Crippen molar-refractivity contribution in [1.29, 1.82) is 0 Å². The van der Waals surface area contributed by atoms with Crippen molar-refractivity contribution >= 4 is 6.09 Å². The number of fused-ring (bicyclic) bond motifs is 4. The molecular weight excluding hydrogens is 440 g/mol. The van der Waals surface area contributed by atoms with Crippen LogP contribution < -0.4 is 14.8 Å². The van der Waals surface area contributed by atoms with Crippen LogP contribution in [0.15, 0.2) is 36.4 Å². The van der Waals surface area contributed by atoms with Gasteiger partial charge in [0.1, 0.15) is 17.6 Å². The highest BCUT2D eigenvalue weighted by molar-refractivity contribution is 5.71. The molecule has 3 heterocycles. The van der Waals surface area contributed by atoms with Crippen LogP contribution in [0.3, 0.4) is 0 Å². The summed E-state index contributed by atoms with van der Waals surface area (Å²) in [7, 11) is 3.34. The Morgan fingerprint density at radius 1 is 1.00 bits per heavy atom. The number of nitrogens with one attached hydrogen (secondary N) is 1. The van der Waals surface area contributed by atoms with Gasteiger partial charge in [-0.15, -0.1) is 0 Å². The Kier molecular flexibility index (Phi) is 6.67. The van der Waals surface area contributed by atoms with Crippen molar-refractivity contribution in [2.75, 3.05) is 33.9 Å². The van der Waals surface area contributed by atoms with Crippen molar-refractivity contribution in [3.05, 3.63) is 47.5 Å². The Hall–Kier alpha value is -2.73. The summed E-state index contributed by atoms with van der Waals surface area (Å²) in [6, 6.07) is 12.5. The van der Waals surface area contributed by atoms with E-state index in [0.29, 0.717) is 5.92 Å². The van der Waals surface area contributed by atoms with Gasteiger partial charge in [0.25, 0.3) is 0 Å². The molecule has 2 aromatic carbocycles. The number of methoxy groups -OCH3 is 2. The lowest BCUT2D eigenvalue weighted by atomic mass is 9.76. The van der Waals surface area contributed by atoms with E-state index in [1.807, 2.05) is 18.2 Å². The van der Waals surface area contributed by atoms with Crippen LogP contribution in [0.5, 0.6) is 11.5 Å². The molecule has 3 saturated heterocycles. The molecule has 0 aromatic heterocycles. The first kappa shape index (κ1) is 24.0. The van der Waals surface area contributed by atoms with E-state index in [1.54, 1.807) is 14.2 Å². The molecular formula is C29H38N2O4. The van der Waals surface area contributed by atoms with E-state index in [0.717, 1.165) is 74.4 Å². The zero-order valence-corrected chi connectivity index (χ0v) is 21.4. The largest absolute Gasteiger partial charge is 0.497 e. The molecule has 2 aromatic rings. The van der Waals surface area contributed by atoms with Crippen LogP contribution in [0.4, 0.5) is 4.79 Å². The molecule has 0 saturated carbocycles. The van der Waals surface area contributed by atoms with E-state index < -0.39 is 0 Å². The van der Waals surface area contributed by atoms with Crippen LogP contribution in [0, 0.1) is 11.3 Å². The Labute approximate surface area is 208 Å². The number of alkyl carbamates (subject to hydrolysis) is 1. The number of carbonyl (C=O) groups is 1. The van der Waals surface area contributed by atoms with E-state index in [9.17, 15) is 4.79 Å². The molecule has 1 N–H and O–H groups in total. The number of hydrogen-bond acceptors (Lipinski definition) is 5. The number of ether oxygens (including phenoxy) is 3. The smallest absolute Gasteiger partial charge is 0.407 e. The number of benzene rings is 2. The fourth-order valence-electron chi connectivity index (χ4n) is 6.48. The molecule has 2 bridgehead atoms. The Morgan fingerprint density at radius 2 is 1.69 bits per heavy atom. The molecule has 1 unspecified atom stereocenters. The van der Waals surface area contributed by atoms with E-state index >= 15 is 0 Å². The molecule has 0 spiro atoms. The standard InChI is InChI=1S/C29H38N2O4/c1-5-29(6-2)17-22-13-20(21-14-23(33-3)16-24(15-21)34-4)7-8-25(22)27(29)30-28(32)35-26-18-31-11-9-19(26)10-12-31/h7-8,13-16,19,26-27H,5-6,9-12,17-18H2,1-4H3,(H,30,32)/t26-,27?/m0/s1. The third kappa shape index (κ3) is 4.49. The third-order valence-electron chi connectivity index (χ3n) is 8.82. The van der Waals surface area contributed by atoms with Crippen molar-refractivity contribution in [2.24, 2.45) is 11.3 Å². The van der Waals surface area contributed by atoms with Gasteiger partial charge in [-0.05, 0) is 90.9 Å². The quantitative estimate of drug-likeness (QED) is 0.562. The number of carbonyl (C=O) groups excluding carboxylic acids is 1. The van der Waals surface area contributed by atoms with E-state index in [1.165, 1.54) is 11.1 Å². The second-order valence-corrected chi connectivity index (χ2v) is 10.4. The maximum atomic E-state index is 13.1. The average Bonchev–Trinajstić information content (AvgIpc) is 3.21. The zero-order valence-electron chi connectivity index (χ0n) is 21.4. The van der Waals surface area contributed by atoms with Crippen LogP contribution in [-0.2, 0) is 11.2 Å². The summed E-state index contributed by atoms with van der Waals surface area (Å²) in [6.45, 7) is 7.61. The van der Waals surface area contributed by atoms with E-state index in [-0.39, 0.29) is 23.7 Å². The van der Waals surface area contributed by atoms with Gasteiger partial charge in [-0.1, -0.05) is 32.0 Å². The summed E-state index contributed by atoms with van der Waals surface area (Å²) < 4.78 is 17.0. The molecule has 4 aliphatic rings. The lowest BCUT2D eigenvalue weighted by Crippen LogP contribution is -2.53. The fraction of sp³-hybridized carbons (Fsp3) is 0.552. The maximum absolute atomic E-state index is 13.1. The Bertz CT molecular complexity index is 1050. The summed E-state index contributed by atoms with van der Waals surface area (Å²) >= 11 is 0. The second kappa shape index (κ2) is 9.73. The van der Waals surface area contributed by atoms with Gasteiger partial charge in [0.2, 0.25) is 0 Å². The molecule has 6 rings (SSSR count). The van der Waals surface area contributed by atoms with Gasteiger partial charge in [0.15, 0.2) is 0 Å². The molecule has 1 aliphatic carbocycles. The van der Waals surface area contributed by atoms with Crippen molar-refractivity contribution < 1.29 is 19.0 Å². The number of nitrogens with zero attached hydrogens (tertiary/aromatic N) is 1. The fourth-order valence-corrected chi connectivity index (χ4v) is 6.48. The normalized spacial score (nSPS) is 26.2. The minimum absolute atomic E-state index is 0.0128. The van der Waals surface area contributed by atoms with Crippen LogP contribution in [0.25, 0.3) is 11.1 Å². The van der Waals surface area contributed by atoms with Gasteiger partial charge < -0.3 is 19.5 Å². The minimum Gasteiger partial charge on any atom is -0.497 e. The van der Waals surface area contributed by atoms with Gasteiger partial charge >= 0.3 is 6.09 Å². The van der Waals surface area contributed by atoms with Crippen LogP contribution >= 0.6 is 0 Å². The molecule has 3 fully saturated rings. The lowest BCUT2D eigenvalue weighted by Gasteiger charge is -2.44. The number of hydrogen-bond donors (Lipinski definition) is 1. The van der Waals surface area contributed by atoms with Crippen LogP contribution in [-0.4, -0.2) is 51.0 Å². The predicted octanol–water partition coefficient (Wildman–Crippen LogP) is 5.59. The van der Waals surface area contributed by atoms with Crippen molar-refractivity contribution in [1.82, 2.24) is 10.2 Å². The molecule has 6 nitrogen and oxygen atoms in total. The molecule has 188 valence electrons. The van der Waals surface area contributed by atoms with Crippen LogP contribution in [0.1, 0.15) is 56.7 Å². The third-order valence-corrected chi connectivity index (χ3v) is 8.82. The molecule has 0 radical (unpaired) electrons. The predicted molar refractivity (Wildman–Crippen MR) is 137 cm³/mol. The monoisotopic (exact) mass is 478 g/mol. The SMILES string of the molecule is CCC1(CC)Cc2cc(-c3cc(OC)cc(OC)c3)ccc2C1NC(=O)O[C@H]1CN2CCC1CC2. The highest BCUT2D eigenvalue weighted by Gasteiger charge is 2.45. The number of rotatable bonds is 7. The molecule has 2 atom stereocenters. The second-order valence-electron chi connectivity index (χ2n) is 10.4. The first-order valence-corrected chi connectivity index (χ1v) is 13.0. The van der Waals surface area contributed by atoms with Gasteiger partial charge in [-0.2, -0.15) is 0 Å². The molecule has 1 amide bonds. The summed E-state index contributed by atoms with van der Waals surface area (Å²) in [6.07, 6.45) is 4.94. The first-order chi connectivity index (χ1) is 17.0. The van der Waals surface area contributed by atoms with E-state index in [2.05, 4.69) is 42.3 Å². The number of piperidine rings is 3. The molecule has 3 aliphatic heterocycles. The van der Waals surface area contributed by atoms with Crippen LogP contribution in [0.2, 0.25) is 0 Å².